The molecule has 110 valence electrons. The number of rotatable bonds is 5. The molecule has 3 aromatic rings. The Morgan fingerprint density at radius 1 is 1.38 bits per heavy atom. The van der Waals surface area contributed by atoms with Crippen molar-refractivity contribution in [3.8, 4) is 0 Å². The fourth-order valence-electron chi connectivity index (χ4n) is 2.15. The average molecular weight is 302 g/mol. The molecule has 0 aliphatic carbocycles. The third kappa shape index (κ3) is 2.96. The summed E-state index contributed by atoms with van der Waals surface area (Å²) in [5.41, 5.74) is 9.03. The SMILES string of the molecule is CCC(N)Cc1c(Sc2nc(C)co2)nc2ccccn12. The molecule has 21 heavy (non-hydrogen) atoms. The highest BCUT2D eigenvalue weighted by Gasteiger charge is 2.17. The van der Waals surface area contributed by atoms with Crippen molar-refractivity contribution >= 4 is 17.4 Å². The molecule has 2 N–H and O–H groups in total. The lowest BCUT2D eigenvalue weighted by molar-refractivity contribution is 0.453. The van der Waals surface area contributed by atoms with Crippen LogP contribution in [-0.4, -0.2) is 20.4 Å². The third-order valence-corrected chi connectivity index (χ3v) is 4.24. The summed E-state index contributed by atoms with van der Waals surface area (Å²) in [5.74, 6) is 0. The second-order valence-electron chi connectivity index (χ2n) is 5.02. The topological polar surface area (TPSA) is 69.3 Å². The van der Waals surface area contributed by atoms with Crippen LogP contribution in [0.3, 0.4) is 0 Å². The zero-order chi connectivity index (χ0) is 14.8. The Labute approximate surface area is 127 Å². The fourth-order valence-corrected chi connectivity index (χ4v) is 3.04. The molecule has 0 aliphatic heterocycles. The van der Waals surface area contributed by atoms with Crippen LogP contribution in [0.1, 0.15) is 24.7 Å². The number of oxazole rings is 1. The van der Waals surface area contributed by atoms with Gasteiger partial charge < -0.3 is 14.6 Å². The van der Waals surface area contributed by atoms with Gasteiger partial charge in [-0.1, -0.05) is 13.0 Å². The molecule has 0 bridgehead atoms. The van der Waals surface area contributed by atoms with E-state index in [1.54, 1.807) is 6.26 Å². The van der Waals surface area contributed by atoms with E-state index in [1.807, 2.05) is 31.3 Å². The van der Waals surface area contributed by atoms with Crippen molar-refractivity contribution in [1.29, 1.82) is 0 Å². The lowest BCUT2D eigenvalue weighted by Gasteiger charge is -2.09. The molecule has 0 aromatic carbocycles. The molecule has 3 rings (SSSR count). The number of hydrogen-bond acceptors (Lipinski definition) is 5. The molecule has 3 heterocycles. The lowest BCUT2D eigenvalue weighted by Crippen LogP contribution is -2.22. The van der Waals surface area contributed by atoms with Crippen LogP contribution in [0.5, 0.6) is 0 Å². The van der Waals surface area contributed by atoms with Crippen molar-refractivity contribution in [2.45, 2.75) is 43.0 Å². The number of imidazole rings is 1. The van der Waals surface area contributed by atoms with Crippen molar-refractivity contribution in [3.63, 3.8) is 0 Å². The number of fused-ring (bicyclic) bond motifs is 1. The first-order valence-corrected chi connectivity index (χ1v) is 7.80. The van der Waals surface area contributed by atoms with Crippen molar-refractivity contribution in [2.75, 3.05) is 0 Å². The molecule has 0 amide bonds. The van der Waals surface area contributed by atoms with Gasteiger partial charge in [0, 0.05) is 18.7 Å². The molecule has 0 aliphatic rings. The van der Waals surface area contributed by atoms with Crippen LogP contribution in [0.2, 0.25) is 0 Å². The predicted octanol–water partition coefficient (Wildman–Crippen LogP) is 3.06. The van der Waals surface area contributed by atoms with Gasteiger partial charge in [0.25, 0.3) is 5.22 Å². The summed E-state index contributed by atoms with van der Waals surface area (Å²) >= 11 is 1.45. The number of aryl methyl sites for hydroxylation is 1. The van der Waals surface area contributed by atoms with E-state index in [0.717, 1.165) is 34.9 Å². The molecule has 0 fully saturated rings. The summed E-state index contributed by atoms with van der Waals surface area (Å²) in [6.45, 7) is 4.00. The highest BCUT2D eigenvalue weighted by molar-refractivity contribution is 7.99. The van der Waals surface area contributed by atoms with E-state index in [1.165, 1.54) is 11.8 Å². The molecule has 1 atom stereocenters. The molecule has 1 unspecified atom stereocenters. The van der Waals surface area contributed by atoms with E-state index in [2.05, 4.69) is 21.3 Å². The van der Waals surface area contributed by atoms with Crippen LogP contribution in [0.15, 0.2) is 45.3 Å². The zero-order valence-corrected chi connectivity index (χ0v) is 12.9. The van der Waals surface area contributed by atoms with E-state index in [9.17, 15) is 0 Å². The molecule has 0 radical (unpaired) electrons. The maximum Gasteiger partial charge on any atom is 0.262 e. The van der Waals surface area contributed by atoms with Crippen LogP contribution in [-0.2, 0) is 6.42 Å². The van der Waals surface area contributed by atoms with E-state index in [4.69, 9.17) is 10.2 Å². The summed E-state index contributed by atoms with van der Waals surface area (Å²) < 4.78 is 7.51. The molecule has 5 nitrogen and oxygen atoms in total. The molecule has 0 saturated carbocycles. The van der Waals surface area contributed by atoms with Crippen molar-refractivity contribution in [3.05, 3.63) is 42.0 Å². The molecule has 6 heteroatoms. The van der Waals surface area contributed by atoms with Gasteiger partial charge in [0.05, 0.1) is 11.4 Å². The van der Waals surface area contributed by atoms with E-state index in [0.29, 0.717) is 5.22 Å². The van der Waals surface area contributed by atoms with Gasteiger partial charge in [-0.25, -0.2) is 9.97 Å². The Morgan fingerprint density at radius 2 is 2.24 bits per heavy atom. The summed E-state index contributed by atoms with van der Waals surface area (Å²) in [5, 5.41) is 1.52. The highest BCUT2D eigenvalue weighted by atomic mass is 32.2. The van der Waals surface area contributed by atoms with Gasteiger partial charge in [-0.2, -0.15) is 0 Å². The smallest absolute Gasteiger partial charge is 0.262 e. The molecule has 3 aromatic heterocycles. The van der Waals surface area contributed by atoms with Gasteiger partial charge >= 0.3 is 0 Å². The van der Waals surface area contributed by atoms with Crippen LogP contribution in [0, 0.1) is 6.92 Å². The Hall–Kier alpha value is -1.79. The average Bonchev–Trinajstić information content (AvgIpc) is 3.04. The number of nitrogens with two attached hydrogens (primary N) is 1. The van der Waals surface area contributed by atoms with E-state index >= 15 is 0 Å². The highest BCUT2D eigenvalue weighted by Crippen LogP contribution is 2.30. The van der Waals surface area contributed by atoms with Crippen LogP contribution < -0.4 is 5.73 Å². The lowest BCUT2D eigenvalue weighted by atomic mass is 10.1. The van der Waals surface area contributed by atoms with Gasteiger partial charge in [0.1, 0.15) is 16.9 Å². The van der Waals surface area contributed by atoms with Gasteiger partial charge in [-0.05, 0) is 37.2 Å². The predicted molar refractivity (Wildman–Crippen MR) is 82.5 cm³/mol. The van der Waals surface area contributed by atoms with Gasteiger partial charge in [0.15, 0.2) is 0 Å². The standard InChI is InChI=1S/C15H18N4OS/c1-3-11(16)8-12-14(21-15-17-10(2)9-20-15)18-13-6-4-5-7-19(12)13/h4-7,9,11H,3,8,16H2,1-2H3. The molecule has 0 spiro atoms. The molecule has 0 saturated heterocycles. The first kappa shape index (κ1) is 14.2. The van der Waals surface area contributed by atoms with Crippen LogP contribution in [0.25, 0.3) is 5.65 Å². The quantitative estimate of drug-likeness (QED) is 0.784. The van der Waals surface area contributed by atoms with Crippen molar-refractivity contribution in [1.82, 2.24) is 14.4 Å². The number of hydrogen-bond donors (Lipinski definition) is 1. The molecular formula is C15H18N4OS. The number of aromatic nitrogens is 3. The Balaban J connectivity index is 2.01. The molecular weight excluding hydrogens is 284 g/mol. The largest absolute Gasteiger partial charge is 0.439 e. The van der Waals surface area contributed by atoms with Gasteiger partial charge in [-0.3, -0.25) is 0 Å². The summed E-state index contributed by atoms with van der Waals surface area (Å²) in [7, 11) is 0. The zero-order valence-electron chi connectivity index (χ0n) is 12.1. The third-order valence-electron chi connectivity index (χ3n) is 3.35. The fraction of sp³-hybridized carbons (Fsp3) is 0.333. The first-order valence-electron chi connectivity index (χ1n) is 6.99. The second kappa shape index (κ2) is 5.91. The minimum atomic E-state index is 0.121. The number of pyridine rings is 1. The normalized spacial score (nSPS) is 12.9. The van der Waals surface area contributed by atoms with Crippen LogP contribution in [0.4, 0.5) is 0 Å². The minimum absolute atomic E-state index is 0.121. The van der Waals surface area contributed by atoms with Crippen LogP contribution >= 0.6 is 11.8 Å². The summed E-state index contributed by atoms with van der Waals surface area (Å²) in [6.07, 6.45) is 5.38. The first-order chi connectivity index (χ1) is 10.2. The Morgan fingerprint density at radius 3 is 2.95 bits per heavy atom. The van der Waals surface area contributed by atoms with Crippen molar-refractivity contribution < 1.29 is 4.42 Å². The summed E-state index contributed by atoms with van der Waals surface area (Å²) in [4.78, 5) is 9.01. The van der Waals surface area contributed by atoms with Gasteiger partial charge in [-0.15, -0.1) is 0 Å². The summed E-state index contributed by atoms with van der Waals surface area (Å²) in [6, 6.07) is 6.09. The second-order valence-corrected chi connectivity index (χ2v) is 5.96. The van der Waals surface area contributed by atoms with Crippen molar-refractivity contribution in [2.24, 2.45) is 5.73 Å². The Kier molecular flexibility index (Phi) is 3.98. The maximum atomic E-state index is 6.13. The van der Waals surface area contributed by atoms with E-state index < -0.39 is 0 Å². The number of nitrogens with zero attached hydrogens (tertiary/aromatic N) is 3. The maximum absolute atomic E-state index is 6.13. The monoisotopic (exact) mass is 302 g/mol. The van der Waals surface area contributed by atoms with Gasteiger partial charge in [0.2, 0.25) is 0 Å². The van der Waals surface area contributed by atoms with E-state index in [-0.39, 0.29) is 6.04 Å². The Bertz CT molecular complexity index is 749. The minimum Gasteiger partial charge on any atom is -0.439 e.